The fourth-order valence-corrected chi connectivity index (χ4v) is 1.24. The Hall–Kier alpha value is -1.23. The third-order valence-electron chi connectivity index (χ3n) is 1.98. The van der Waals surface area contributed by atoms with E-state index >= 15 is 0 Å². The summed E-state index contributed by atoms with van der Waals surface area (Å²) >= 11 is 0. The van der Waals surface area contributed by atoms with Crippen molar-refractivity contribution in [1.29, 1.82) is 0 Å². The van der Waals surface area contributed by atoms with Crippen LogP contribution in [0.5, 0.6) is 5.88 Å². The first-order valence-electron chi connectivity index (χ1n) is 4.41. The van der Waals surface area contributed by atoms with Crippen molar-refractivity contribution in [3.8, 4) is 5.88 Å². The summed E-state index contributed by atoms with van der Waals surface area (Å²) in [4.78, 5) is 11.2. The normalized spacial score (nSPS) is 10.6. The lowest BCUT2D eigenvalue weighted by atomic mass is 10.2. The molecule has 0 aromatic carbocycles. The third kappa shape index (κ3) is 1.92. The van der Waals surface area contributed by atoms with Crippen molar-refractivity contribution in [2.24, 2.45) is 5.73 Å². The van der Waals surface area contributed by atoms with E-state index in [1.165, 1.54) is 4.68 Å². The molecule has 5 heteroatoms. The number of nitrogens with one attached hydrogen (secondary N) is 1. The number of hydrogen-bond acceptors (Lipinski definition) is 3. The molecule has 5 nitrogen and oxygen atoms in total. The summed E-state index contributed by atoms with van der Waals surface area (Å²) in [5.41, 5.74) is 5.54. The van der Waals surface area contributed by atoms with Gasteiger partial charge in [-0.2, -0.15) is 0 Å². The number of aromatic hydroxyl groups is 1. The molecule has 0 spiro atoms. The van der Waals surface area contributed by atoms with E-state index in [2.05, 4.69) is 5.10 Å². The summed E-state index contributed by atoms with van der Waals surface area (Å²) in [7, 11) is 0. The largest absolute Gasteiger partial charge is 0.493 e. The minimum Gasteiger partial charge on any atom is -0.493 e. The lowest BCUT2D eigenvalue weighted by Crippen LogP contribution is -2.09. The second-order valence-corrected chi connectivity index (χ2v) is 2.88. The maximum Gasteiger partial charge on any atom is 0.271 e. The summed E-state index contributed by atoms with van der Waals surface area (Å²) in [5, 5.41) is 12.1. The Balaban J connectivity index is 2.92. The minimum absolute atomic E-state index is 0.0425. The molecule has 0 aliphatic carbocycles. The lowest BCUT2D eigenvalue weighted by Gasteiger charge is -1.99. The molecule has 4 N–H and O–H groups in total. The van der Waals surface area contributed by atoms with Gasteiger partial charge in [0.2, 0.25) is 5.88 Å². The highest BCUT2D eigenvalue weighted by Gasteiger charge is 2.11. The molecule has 0 unspecified atom stereocenters. The first-order valence-corrected chi connectivity index (χ1v) is 4.41. The highest BCUT2D eigenvalue weighted by atomic mass is 16.3. The van der Waals surface area contributed by atoms with Crippen molar-refractivity contribution in [3.05, 3.63) is 15.9 Å². The highest BCUT2D eigenvalue weighted by Crippen LogP contribution is 2.13. The smallest absolute Gasteiger partial charge is 0.271 e. The van der Waals surface area contributed by atoms with Gasteiger partial charge < -0.3 is 10.8 Å². The summed E-state index contributed by atoms with van der Waals surface area (Å²) in [6.07, 6.45) is 1.25. The molecule has 0 bridgehead atoms. The maximum atomic E-state index is 11.2. The van der Waals surface area contributed by atoms with Crippen LogP contribution >= 0.6 is 0 Å². The molecule has 74 valence electrons. The maximum absolute atomic E-state index is 11.2. The molecular formula is C8H15N3O2. The highest BCUT2D eigenvalue weighted by molar-refractivity contribution is 5.22. The molecule has 0 aliphatic heterocycles. The van der Waals surface area contributed by atoms with Gasteiger partial charge in [0, 0.05) is 6.54 Å². The van der Waals surface area contributed by atoms with Gasteiger partial charge in [0.05, 0.1) is 5.56 Å². The quantitative estimate of drug-likeness (QED) is 0.607. The molecule has 0 saturated heterocycles. The average Bonchev–Trinajstić information content (AvgIpc) is 2.39. The van der Waals surface area contributed by atoms with Gasteiger partial charge in [0.25, 0.3) is 5.56 Å². The van der Waals surface area contributed by atoms with Crippen molar-refractivity contribution in [3.63, 3.8) is 0 Å². The molecule has 0 radical (unpaired) electrons. The van der Waals surface area contributed by atoms with Crippen LogP contribution in [0.25, 0.3) is 0 Å². The predicted molar refractivity (Wildman–Crippen MR) is 49.8 cm³/mol. The SMILES string of the molecule is CCn1[nH]c(=O)c(CCCN)c1O. The number of aromatic nitrogens is 2. The van der Waals surface area contributed by atoms with Crippen LogP contribution in [-0.2, 0) is 13.0 Å². The van der Waals surface area contributed by atoms with Crippen molar-refractivity contribution in [2.75, 3.05) is 6.54 Å². The Labute approximate surface area is 76.2 Å². The van der Waals surface area contributed by atoms with Gasteiger partial charge >= 0.3 is 0 Å². The number of nitrogens with two attached hydrogens (primary N) is 1. The van der Waals surface area contributed by atoms with E-state index < -0.39 is 0 Å². The topological polar surface area (TPSA) is 84.0 Å². The molecular weight excluding hydrogens is 170 g/mol. The monoisotopic (exact) mass is 185 g/mol. The lowest BCUT2D eigenvalue weighted by molar-refractivity contribution is 0.400. The number of nitrogens with zero attached hydrogens (tertiary/aromatic N) is 1. The number of aromatic amines is 1. The van der Waals surface area contributed by atoms with E-state index in [4.69, 9.17) is 5.73 Å². The van der Waals surface area contributed by atoms with Crippen LogP contribution in [0.2, 0.25) is 0 Å². The summed E-state index contributed by atoms with van der Waals surface area (Å²) in [6.45, 7) is 2.93. The third-order valence-corrected chi connectivity index (χ3v) is 1.98. The molecule has 1 rings (SSSR count). The number of rotatable bonds is 4. The fraction of sp³-hybridized carbons (Fsp3) is 0.625. The molecule has 0 atom stereocenters. The van der Waals surface area contributed by atoms with E-state index in [1.807, 2.05) is 6.92 Å². The van der Waals surface area contributed by atoms with Crippen LogP contribution in [0.15, 0.2) is 4.79 Å². The van der Waals surface area contributed by atoms with Crippen LogP contribution in [0.1, 0.15) is 18.9 Å². The van der Waals surface area contributed by atoms with Crippen molar-refractivity contribution < 1.29 is 5.11 Å². The Morgan fingerprint density at radius 3 is 2.77 bits per heavy atom. The number of aryl methyl sites for hydroxylation is 1. The Bertz CT molecular complexity index is 327. The molecule has 1 aromatic rings. The zero-order valence-electron chi connectivity index (χ0n) is 7.71. The number of H-pyrrole nitrogens is 1. The van der Waals surface area contributed by atoms with Crippen LogP contribution in [0, 0.1) is 0 Å². The first-order chi connectivity index (χ1) is 6.20. The van der Waals surface area contributed by atoms with Crippen molar-refractivity contribution >= 4 is 0 Å². The van der Waals surface area contributed by atoms with Gasteiger partial charge in [-0.15, -0.1) is 0 Å². The predicted octanol–water partition coefficient (Wildman–Crippen LogP) is -0.207. The van der Waals surface area contributed by atoms with Crippen LogP contribution in [-0.4, -0.2) is 21.4 Å². The summed E-state index contributed by atoms with van der Waals surface area (Å²) < 4.78 is 1.42. The number of hydrogen-bond donors (Lipinski definition) is 3. The molecule has 0 saturated carbocycles. The van der Waals surface area contributed by atoms with E-state index in [9.17, 15) is 9.90 Å². The standard InChI is InChI=1S/C8H15N3O2/c1-2-11-8(13)6(4-3-5-9)7(12)10-11/h13H,2-5,9H2,1H3,(H,10,12). The Morgan fingerprint density at radius 1 is 1.62 bits per heavy atom. The average molecular weight is 185 g/mol. The second kappa shape index (κ2) is 4.13. The fourth-order valence-electron chi connectivity index (χ4n) is 1.24. The summed E-state index contributed by atoms with van der Waals surface area (Å²) in [6, 6.07) is 0. The molecule has 0 amide bonds. The van der Waals surface area contributed by atoms with Gasteiger partial charge in [-0.25, -0.2) is 0 Å². The molecule has 13 heavy (non-hydrogen) atoms. The molecule has 1 aromatic heterocycles. The zero-order valence-corrected chi connectivity index (χ0v) is 7.71. The van der Waals surface area contributed by atoms with Gasteiger partial charge in [-0.05, 0) is 26.3 Å². The van der Waals surface area contributed by atoms with Gasteiger partial charge in [0.1, 0.15) is 0 Å². The second-order valence-electron chi connectivity index (χ2n) is 2.88. The van der Waals surface area contributed by atoms with E-state index in [0.29, 0.717) is 31.5 Å². The van der Waals surface area contributed by atoms with Gasteiger partial charge in [-0.1, -0.05) is 0 Å². The van der Waals surface area contributed by atoms with Crippen molar-refractivity contribution in [2.45, 2.75) is 26.3 Å². The van der Waals surface area contributed by atoms with Gasteiger partial charge in [0.15, 0.2) is 0 Å². The zero-order chi connectivity index (χ0) is 9.84. The Kier molecular flexibility index (Phi) is 3.13. The van der Waals surface area contributed by atoms with Gasteiger partial charge in [-0.3, -0.25) is 14.6 Å². The first kappa shape index (κ1) is 9.85. The van der Waals surface area contributed by atoms with E-state index in [1.54, 1.807) is 0 Å². The van der Waals surface area contributed by atoms with Crippen LogP contribution in [0.4, 0.5) is 0 Å². The molecule has 0 fully saturated rings. The van der Waals surface area contributed by atoms with E-state index in [0.717, 1.165) is 0 Å². The molecule has 0 aliphatic rings. The van der Waals surface area contributed by atoms with Crippen LogP contribution in [0.3, 0.4) is 0 Å². The van der Waals surface area contributed by atoms with E-state index in [-0.39, 0.29) is 11.4 Å². The molecule has 1 heterocycles. The summed E-state index contributed by atoms with van der Waals surface area (Å²) in [5.74, 6) is 0.0425. The minimum atomic E-state index is -0.215. The van der Waals surface area contributed by atoms with Crippen LogP contribution < -0.4 is 11.3 Å². The Morgan fingerprint density at radius 2 is 2.31 bits per heavy atom. The van der Waals surface area contributed by atoms with Crippen molar-refractivity contribution in [1.82, 2.24) is 9.78 Å².